The fraction of sp³-hybridized carbons (Fsp3) is 0.526. The van der Waals surface area contributed by atoms with Crippen LogP contribution in [0.25, 0.3) is 0 Å². The minimum Gasteiger partial charge on any atom is -0.370 e. The van der Waals surface area contributed by atoms with Gasteiger partial charge in [-0.05, 0) is 43.7 Å². The van der Waals surface area contributed by atoms with Crippen LogP contribution in [0.2, 0.25) is 0 Å². The van der Waals surface area contributed by atoms with Crippen LogP contribution in [0.4, 0.5) is 10.5 Å². The number of aryl methyl sites for hydroxylation is 3. The molecule has 7 nitrogen and oxygen atoms in total. The van der Waals surface area contributed by atoms with Crippen molar-refractivity contribution in [3.63, 3.8) is 0 Å². The lowest BCUT2D eigenvalue weighted by atomic mass is 9.96. The number of imidazole rings is 1. The second-order valence-electron chi connectivity index (χ2n) is 7.11. The van der Waals surface area contributed by atoms with Crippen molar-refractivity contribution in [3.8, 4) is 0 Å². The maximum Gasteiger partial charge on any atom is 0.319 e. The number of fused-ring (bicyclic) bond motifs is 1. The molecule has 2 aromatic rings. The van der Waals surface area contributed by atoms with Gasteiger partial charge in [0.1, 0.15) is 11.9 Å². The molecule has 0 saturated carbocycles. The maximum absolute atomic E-state index is 12.4. The van der Waals surface area contributed by atoms with Gasteiger partial charge in [-0.25, -0.2) is 9.78 Å². The first-order valence-electron chi connectivity index (χ1n) is 9.33. The largest absolute Gasteiger partial charge is 0.370 e. The fourth-order valence-electron chi connectivity index (χ4n) is 3.80. The summed E-state index contributed by atoms with van der Waals surface area (Å²) in [7, 11) is 1.96. The van der Waals surface area contributed by atoms with Crippen LogP contribution < -0.4 is 10.6 Å². The molecule has 1 aliphatic heterocycles. The van der Waals surface area contributed by atoms with Gasteiger partial charge in [-0.15, -0.1) is 0 Å². The number of nitrogens with zero attached hydrogens (tertiary/aromatic N) is 3. The van der Waals surface area contributed by atoms with Crippen LogP contribution in [0.3, 0.4) is 0 Å². The first-order chi connectivity index (χ1) is 12.7. The van der Waals surface area contributed by atoms with E-state index in [1.54, 1.807) is 12.4 Å². The number of hydrogen-bond donors (Lipinski definition) is 2. The van der Waals surface area contributed by atoms with Crippen molar-refractivity contribution in [2.24, 2.45) is 7.05 Å². The second-order valence-corrected chi connectivity index (χ2v) is 7.11. The molecular weight excluding hydrogens is 330 g/mol. The van der Waals surface area contributed by atoms with E-state index in [-0.39, 0.29) is 18.2 Å². The fourth-order valence-corrected chi connectivity index (χ4v) is 3.80. The molecule has 2 aliphatic rings. The lowest BCUT2D eigenvalue weighted by molar-refractivity contribution is -0.00410. The van der Waals surface area contributed by atoms with Crippen LogP contribution in [0.15, 0.2) is 24.7 Å². The van der Waals surface area contributed by atoms with Gasteiger partial charge in [-0.3, -0.25) is 4.98 Å². The number of carbonyl (C=O) groups is 1. The Morgan fingerprint density at radius 1 is 1.31 bits per heavy atom. The summed E-state index contributed by atoms with van der Waals surface area (Å²) in [5.41, 5.74) is 3.19. The normalized spacial score (nSPS) is 22.5. The molecule has 2 aromatic heterocycles. The van der Waals surface area contributed by atoms with Gasteiger partial charge in [0.2, 0.25) is 0 Å². The summed E-state index contributed by atoms with van der Waals surface area (Å²) in [4.78, 5) is 21.3. The average Bonchev–Trinajstić information content (AvgIpc) is 3.08. The highest BCUT2D eigenvalue weighted by Crippen LogP contribution is 2.27. The molecular formula is C19H25N5O2. The van der Waals surface area contributed by atoms with Crippen LogP contribution in [0.1, 0.15) is 48.9 Å². The summed E-state index contributed by atoms with van der Waals surface area (Å²) in [6, 6.07) is 1.94. The van der Waals surface area contributed by atoms with Gasteiger partial charge < -0.3 is 19.9 Å². The summed E-state index contributed by atoms with van der Waals surface area (Å²) in [5, 5.41) is 5.99. The van der Waals surface area contributed by atoms with Crippen molar-refractivity contribution in [1.29, 1.82) is 0 Å². The van der Waals surface area contributed by atoms with E-state index in [0.717, 1.165) is 37.2 Å². The minimum absolute atomic E-state index is 0.0658. The topological polar surface area (TPSA) is 81.1 Å². The molecule has 1 fully saturated rings. The van der Waals surface area contributed by atoms with Crippen LogP contribution in [0, 0.1) is 0 Å². The molecule has 2 atom stereocenters. The van der Waals surface area contributed by atoms with Gasteiger partial charge in [-0.2, -0.15) is 0 Å². The van der Waals surface area contributed by atoms with Crippen molar-refractivity contribution in [2.45, 2.75) is 50.7 Å². The third-order valence-electron chi connectivity index (χ3n) is 5.19. The molecule has 2 amide bonds. The van der Waals surface area contributed by atoms with Crippen LogP contribution >= 0.6 is 0 Å². The van der Waals surface area contributed by atoms with Gasteiger partial charge in [0.15, 0.2) is 0 Å². The highest BCUT2D eigenvalue weighted by molar-refractivity contribution is 5.89. The van der Waals surface area contributed by atoms with Crippen molar-refractivity contribution < 1.29 is 9.53 Å². The van der Waals surface area contributed by atoms with Gasteiger partial charge >= 0.3 is 6.03 Å². The summed E-state index contributed by atoms with van der Waals surface area (Å²) in [5.74, 6) is 0.899. The molecule has 1 saturated heterocycles. The summed E-state index contributed by atoms with van der Waals surface area (Å²) in [6.45, 7) is 0.614. The lowest BCUT2D eigenvalue weighted by Crippen LogP contribution is -2.42. The van der Waals surface area contributed by atoms with Crippen molar-refractivity contribution >= 4 is 11.7 Å². The van der Waals surface area contributed by atoms with Crippen molar-refractivity contribution in [1.82, 2.24) is 19.9 Å². The van der Waals surface area contributed by atoms with Gasteiger partial charge in [0.25, 0.3) is 0 Å². The zero-order valence-electron chi connectivity index (χ0n) is 15.1. The number of pyridine rings is 1. The third kappa shape index (κ3) is 3.72. The molecule has 0 aromatic carbocycles. The average molecular weight is 355 g/mol. The number of carbonyl (C=O) groups excluding carboxylic acids is 1. The van der Waals surface area contributed by atoms with Crippen LogP contribution in [-0.2, 0) is 24.6 Å². The molecule has 7 heteroatoms. The summed E-state index contributed by atoms with van der Waals surface area (Å²) >= 11 is 0. The van der Waals surface area contributed by atoms with E-state index in [1.165, 1.54) is 24.1 Å². The van der Waals surface area contributed by atoms with Gasteiger partial charge in [-0.1, -0.05) is 0 Å². The Morgan fingerprint density at radius 3 is 3.04 bits per heavy atom. The highest BCUT2D eigenvalue weighted by atomic mass is 16.5. The van der Waals surface area contributed by atoms with Crippen molar-refractivity contribution in [3.05, 3.63) is 41.7 Å². The number of amides is 2. The minimum atomic E-state index is -0.187. The van der Waals surface area contributed by atoms with E-state index in [2.05, 4.69) is 26.7 Å². The Balaban J connectivity index is 1.35. The molecule has 0 bridgehead atoms. The van der Waals surface area contributed by atoms with E-state index in [0.29, 0.717) is 6.61 Å². The molecule has 2 N–H and O–H groups in total. The second kappa shape index (κ2) is 7.45. The zero-order valence-corrected chi connectivity index (χ0v) is 15.1. The molecule has 1 aliphatic carbocycles. The molecule has 0 radical (unpaired) electrons. The zero-order chi connectivity index (χ0) is 17.9. The highest BCUT2D eigenvalue weighted by Gasteiger charge is 2.27. The number of urea groups is 1. The number of ether oxygens (including phenoxy) is 1. The van der Waals surface area contributed by atoms with Crippen LogP contribution in [0.5, 0.6) is 0 Å². The monoisotopic (exact) mass is 355 g/mol. The van der Waals surface area contributed by atoms with E-state index in [9.17, 15) is 4.79 Å². The van der Waals surface area contributed by atoms with E-state index in [4.69, 9.17) is 4.74 Å². The molecule has 4 rings (SSSR count). The Bertz CT molecular complexity index is 788. The van der Waals surface area contributed by atoms with Gasteiger partial charge in [0, 0.05) is 44.2 Å². The van der Waals surface area contributed by atoms with E-state index in [1.807, 2.05) is 17.8 Å². The number of aromatic nitrogens is 3. The Morgan fingerprint density at radius 2 is 2.19 bits per heavy atom. The molecule has 0 unspecified atom stereocenters. The SMILES string of the molecule is Cn1ccnc1[C@@H]1C[C@@H](NC(=O)Nc2cnc3c(c2)CCCC3)CCO1. The number of hydrogen-bond acceptors (Lipinski definition) is 4. The quantitative estimate of drug-likeness (QED) is 0.887. The number of anilines is 1. The lowest BCUT2D eigenvalue weighted by Gasteiger charge is -2.29. The first kappa shape index (κ1) is 17.0. The summed E-state index contributed by atoms with van der Waals surface area (Å²) in [6.07, 6.45) is 11.4. The molecule has 138 valence electrons. The Kier molecular flexibility index (Phi) is 4.88. The molecule has 26 heavy (non-hydrogen) atoms. The standard InChI is InChI=1S/C19H25N5O2/c1-24-8-7-20-18(24)17-11-14(6-9-26-17)22-19(25)23-15-10-13-4-2-3-5-16(13)21-12-15/h7-8,10,12,14,17H,2-6,9,11H2,1H3,(H2,22,23,25)/t14-,17-/m0/s1. The third-order valence-corrected chi connectivity index (χ3v) is 5.19. The van der Waals surface area contributed by atoms with Crippen molar-refractivity contribution in [2.75, 3.05) is 11.9 Å². The van der Waals surface area contributed by atoms with Crippen LogP contribution in [-0.4, -0.2) is 33.2 Å². The maximum atomic E-state index is 12.4. The Labute approximate surface area is 153 Å². The van der Waals surface area contributed by atoms with E-state index < -0.39 is 0 Å². The predicted molar refractivity (Wildman–Crippen MR) is 98.0 cm³/mol. The summed E-state index contributed by atoms with van der Waals surface area (Å²) < 4.78 is 7.79. The first-order valence-corrected chi connectivity index (χ1v) is 9.33. The predicted octanol–water partition coefficient (Wildman–Crippen LogP) is 2.74. The molecule has 0 spiro atoms. The van der Waals surface area contributed by atoms with E-state index >= 15 is 0 Å². The molecule has 3 heterocycles. The Hall–Kier alpha value is -2.41. The van der Waals surface area contributed by atoms with Gasteiger partial charge in [0.05, 0.1) is 11.9 Å². The smallest absolute Gasteiger partial charge is 0.319 e. The number of rotatable bonds is 3. The number of nitrogens with one attached hydrogen (secondary N) is 2.